The van der Waals surface area contributed by atoms with Crippen molar-refractivity contribution in [1.82, 2.24) is 9.55 Å². The lowest BCUT2D eigenvalue weighted by atomic mass is 10.2. The molecule has 0 atom stereocenters. The third-order valence-electron chi connectivity index (χ3n) is 3.29. The number of halogens is 1. The fourth-order valence-electron chi connectivity index (χ4n) is 2.33. The highest BCUT2D eigenvalue weighted by Gasteiger charge is 2.14. The molecule has 0 aliphatic heterocycles. The third kappa shape index (κ3) is 2.34. The molecular weight excluding hydrogens is 332 g/mol. The molecule has 0 saturated heterocycles. The predicted octanol–water partition coefficient (Wildman–Crippen LogP) is 3.29. The summed E-state index contributed by atoms with van der Waals surface area (Å²) in [5.41, 5.74) is 1.29. The topological polar surface area (TPSA) is 44.1 Å². The SMILES string of the molecule is COc1ccccc1-n1c(CBr)nc2ccccc2c1=O. The zero-order valence-electron chi connectivity index (χ0n) is 11.4. The zero-order chi connectivity index (χ0) is 14.8. The molecule has 3 aromatic rings. The summed E-state index contributed by atoms with van der Waals surface area (Å²) in [6.07, 6.45) is 0. The Morgan fingerprint density at radius 2 is 1.86 bits per heavy atom. The molecule has 1 aromatic heterocycles. The van der Waals surface area contributed by atoms with Gasteiger partial charge in [-0.05, 0) is 24.3 Å². The van der Waals surface area contributed by atoms with E-state index in [0.717, 1.165) is 0 Å². The molecule has 0 aliphatic carbocycles. The van der Waals surface area contributed by atoms with Gasteiger partial charge in [0.15, 0.2) is 0 Å². The number of fused-ring (bicyclic) bond motifs is 1. The Labute approximate surface area is 130 Å². The smallest absolute Gasteiger partial charge is 0.266 e. The van der Waals surface area contributed by atoms with E-state index in [1.54, 1.807) is 17.7 Å². The number of rotatable bonds is 3. The van der Waals surface area contributed by atoms with Crippen molar-refractivity contribution >= 4 is 26.8 Å². The summed E-state index contributed by atoms with van der Waals surface area (Å²) < 4.78 is 6.96. The number of alkyl halides is 1. The molecule has 0 amide bonds. The maximum Gasteiger partial charge on any atom is 0.266 e. The molecule has 0 N–H and O–H groups in total. The number of hydrogen-bond acceptors (Lipinski definition) is 3. The van der Waals surface area contributed by atoms with Gasteiger partial charge in [-0.15, -0.1) is 0 Å². The van der Waals surface area contributed by atoms with Crippen LogP contribution in [0.3, 0.4) is 0 Å². The number of benzene rings is 2. The number of aromatic nitrogens is 2. The van der Waals surface area contributed by atoms with Crippen molar-refractivity contribution in [3.63, 3.8) is 0 Å². The van der Waals surface area contributed by atoms with Gasteiger partial charge in [-0.25, -0.2) is 4.98 Å². The maximum absolute atomic E-state index is 12.8. The largest absolute Gasteiger partial charge is 0.495 e. The monoisotopic (exact) mass is 344 g/mol. The van der Waals surface area contributed by atoms with Crippen molar-refractivity contribution in [3.05, 3.63) is 64.7 Å². The van der Waals surface area contributed by atoms with Crippen LogP contribution in [0.5, 0.6) is 5.75 Å². The van der Waals surface area contributed by atoms with Crippen LogP contribution in [0.2, 0.25) is 0 Å². The van der Waals surface area contributed by atoms with Gasteiger partial charge in [0.05, 0.1) is 29.0 Å². The first-order valence-electron chi connectivity index (χ1n) is 6.46. The molecule has 21 heavy (non-hydrogen) atoms. The van der Waals surface area contributed by atoms with Crippen molar-refractivity contribution in [2.75, 3.05) is 7.11 Å². The average molecular weight is 345 g/mol. The zero-order valence-corrected chi connectivity index (χ0v) is 13.0. The Balaban J connectivity index is 2.41. The molecule has 106 valence electrons. The van der Waals surface area contributed by atoms with Crippen LogP contribution in [-0.4, -0.2) is 16.7 Å². The molecule has 5 heteroatoms. The summed E-state index contributed by atoms with van der Waals surface area (Å²) in [5, 5.41) is 1.07. The Bertz CT molecular complexity index is 858. The molecule has 0 bridgehead atoms. The summed E-state index contributed by atoms with van der Waals surface area (Å²) in [7, 11) is 1.59. The molecule has 0 spiro atoms. The lowest BCUT2D eigenvalue weighted by Gasteiger charge is -2.14. The molecule has 0 fully saturated rings. The first kappa shape index (κ1) is 13.8. The molecule has 0 aliphatic rings. The lowest BCUT2D eigenvalue weighted by Crippen LogP contribution is -2.23. The molecule has 0 unspecified atom stereocenters. The second-order valence-corrected chi connectivity index (χ2v) is 5.05. The second kappa shape index (κ2) is 5.69. The van der Waals surface area contributed by atoms with Gasteiger partial charge >= 0.3 is 0 Å². The summed E-state index contributed by atoms with van der Waals surface area (Å²) in [4.78, 5) is 17.4. The summed E-state index contributed by atoms with van der Waals surface area (Å²) in [5.74, 6) is 1.28. The van der Waals surface area contributed by atoms with Crippen LogP contribution in [0.15, 0.2) is 53.3 Å². The minimum absolute atomic E-state index is 0.0976. The van der Waals surface area contributed by atoms with Crippen molar-refractivity contribution < 1.29 is 4.74 Å². The standard InChI is InChI=1S/C16H13BrN2O2/c1-21-14-9-5-4-8-13(14)19-15(10-17)18-12-7-3-2-6-11(12)16(19)20/h2-9H,10H2,1H3. The highest BCUT2D eigenvalue weighted by molar-refractivity contribution is 9.08. The van der Waals surface area contributed by atoms with Gasteiger partial charge in [0, 0.05) is 0 Å². The van der Waals surface area contributed by atoms with Crippen molar-refractivity contribution in [2.24, 2.45) is 0 Å². The highest BCUT2D eigenvalue weighted by atomic mass is 79.9. The van der Waals surface area contributed by atoms with E-state index in [0.29, 0.717) is 33.5 Å². The van der Waals surface area contributed by atoms with Crippen LogP contribution in [-0.2, 0) is 5.33 Å². The lowest BCUT2D eigenvalue weighted by molar-refractivity contribution is 0.412. The Kier molecular flexibility index (Phi) is 3.75. The van der Waals surface area contributed by atoms with Crippen LogP contribution in [0, 0.1) is 0 Å². The van der Waals surface area contributed by atoms with Gasteiger partial charge in [-0.1, -0.05) is 40.2 Å². The van der Waals surface area contributed by atoms with Crippen molar-refractivity contribution in [1.29, 1.82) is 0 Å². The van der Waals surface area contributed by atoms with Crippen molar-refractivity contribution in [3.8, 4) is 11.4 Å². The van der Waals surface area contributed by atoms with Crippen LogP contribution >= 0.6 is 15.9 Å². The fraction of sp³-hybridized carbons (Fsp3) is 0.125. The van der Waals surface area contributed by atoms with E-state index in [4.69, 9.17) is 4.74 Å². The second-order valence-electron chi connectivity index (χ2n) is 4.49. The van der Waals surface area contributed by atoms with Crippen LogP contribution < -0.4 is 10.3 Å². The van der Waals surface area contributed by atoms with E-state index in [1.165, 1.54) is 0 Å². The summed E-state index contributed by atoms with van der Waals surface area (Å²) >= 11 is 3.41. The predicted molar refractivity (Wildman–Crippen MR) is 86.5 cm³/mol. The van der Waals surface area contributed by atoms with E-state index >= 15 is 0 Å². The van der Waals surface area contributed by atoms with E-state index in [2.05, 4.69) is 20.9 Å². The molecule has 0 saturated carbocycles. The summed E-state index contributed by atoms with van der Waals surface area (Å²) in [6, 6.07) is 14.8. The highest BCUT2D eigenvalue weighted by Crippen LogP contribution is 2.23. The Morgan fingerprint density at radius 3 is 2.62 bits per heavy atom. The fourth-order valence-corrected chi connectivity index (χ4v) is 2.71. The number of methoxy groups -OCH3 is 1. The van der Waals surface area contributed by atoms with Crippen LogP contribution in [0.1, 0.15) is 5.82 Å². The number of hydrogen-bond donors (Lipinski definition) is 0. The molecule has 3 rings (SSSR count). The maximum atomic E-state index is 12.8. The normalized spacial score (nSPS) is 10.8. The third-order valence-corrected chi connectivity index (χ3v) is 3.79. The Morgan fingerprint density at radius 1 is 1.14 bits per heavy atom. The van der Waals surface area contributed by atoms with Crippen molar-refractivity contribution in [2.45, 2.75) is 5.33 Å². The van der Waals surface area contributed by atoms with Gasteiger partial charge in [-0.2, -0.15) is 0 Å². The molecule has 0 radical (unpaired) electrons. The molecule has 4 nitrogen and oxygen atoms in total. The minimum Gasteiger partial charge on any atom is -0.495 e. The molecular formula is C16H13BrN2O2. The van der Waals surface area contributed by atoms with E-state index in [-0.39, 0.29) is 5.56 Å². The minimum atomic E-state index is -0.0976. The van der Waals surface area contributed by atoms with Crippen LogP contribution in [0.4, 0.5) is 0 Å². The van der Waals surface area contributed by atoms with E-state index in [9.17, 15) is 4.79 Å². The van der Waals surface area contributed by atoms with Gasteiger partial charge in [0.1, 0.15) is 11.6 Å². The molecule has 2 aromatic carbocycles. The molecule has 1 heterocycles. The average Bonchev–Trinajstić information content (AvgIpc) is 2.54. The van der Waals surface area contributed by atoms with Gasteiger partial charge < -0.3 is 4.74 Å². The van der Waals surface area contributed by atoms with Gasteiger partial charge in [-0.3, -0.25) is 9.36 Å². The first-order chi connectivity index (χ1) is 10.3. The van der Waals surface area contributed by atoms with E-state index in [1.807, 2.05) is 42.5 Å². The van der Waals surface area contributed by atoms with Gasteiger partial charge in [0.2, 0.25) is 0 Å². The van der Waals surface area contributed by atoms with Gasteiger partial charge in [0.25, 0.3) is 5.56 Å². The number of para-hydroxylation sites is 3. The number of ether oxygens (including phenoxy) is 1. The Hall–Kier alpha value is -2.14. The summed E-state index contributed by atoms with van der Waals surface area (Å²) in [6.45, 7) is 0. The van der Waals surface area contributed by atoms with E-state index < -0.39 is 0 Å². The quantitative estimate of drug-likeness (QED) is 0.685. The number of nitrogens with zero attached hydrogens (tertiary/aromatic N) is 2. The first-order valence-corrected chi connectivity index (χ1v) is 7.58. The van der Waals surface area contributed by atoms with Crippen LogP contribution in [0.25, 0.3) is 16.6 Å².